The van der Waals surface area contributed by atoms with E-state index in [0.29, 0.717) is 21.5 Å². The predicted molar refractivity (Wildman–Crippen MR) is 123 cm³/mol. The van der Waals surface area contributed by atoms with Gasteiger partial charge in [0.15, 0.2) is 6.10 Å². The third-order valence-electron chi connectivity index (χ3n) is 4.16. The van der Waals surface area contributed by atoms with Crippen LogP contribution in [0.3, 0.4) is 0 Å². The molecule has 0 saturated heterocycles. The molecule has 0 spiro atoms. The number of hydrogen-bond acceptors (Lipinski definition) is 3. The van der Waals surface area contributed by atoms with Crippen LogP contribution in [0.5, 0.6) is 5.75 Å². The van der Waals surface area contributed by atoms with E-state index in [1.165, 1.54) is 0 Å². The second-order valence-corrected chi connectivity index (χ2v) is 7.26. The topological polar surface area (TPSA) is 50.7 Å². The molecule has 1 unspecified atom stereocenters. The van der Waals surface area contributed by atoms with Crippen molar-refractivity contribution in [3.8, 4) is 5.75 Å². The van der Waals surface area contributed by atoms with Crippen molar-refractivity contribution in [1.29, 1.82) is 0 Å². The fourth-order valence-electron chi connectivity index (χ4n) is 2.57. The molecule has 0 saturated carbocycles. The molecule has 1 N–H and O–H groups in total. The maximum Gasteiger partial charge on any atom is 0.280 e. The van der Waals surface area contributed by atoms with Gasteiger partial charge in [0.25, 0.3) is 5.91 Å². The molecule has 3 aromatic carbocycles. The first-order valence-electron chi connectivity index (χ1n) is 9.31. The summed E-state index contributed by atoms with van der Waals surface area (Å²) in [6, 6.07) is 24.3. The van der Waals surface area contributed by atoms with Crippen molar-refractivity contribution in [2.24, 2.45) is 5.10 Å². The average molecular weight is 439 g/mol. The first-order valence-corrected chi connectivity index (χ1v) is 10.1. The molecule has 0 fully saturated rings. The number of nitrogens with one attached hydrogen (secondary N) is 1. The number of allylic oxidation sites excluding steroid dienone is 1. The first-order chi connectivity index (χ1) is 14.5. The molecule has 0 heterocycles. The molecular formula is C24H20Cl2N2O2. The number of carbonyl (C=O) groups is 1. The monoisotopic (exact) mass is 438 g/mol. The van der Waals surface area contributed by atoms with Crippen LogP contribution in [0.4, 0.5) is 0 Å². The highest BCUT2D eigenvalue weighted by atomic mass is 35.5. The van der Waals surface area contributed by atoms with Crippen molar-refractivity contribution in [2.75, 3.05) is 0 Å². The van der Waals surface area contributed by atoms with E-state index in [1.807, 2.05) is 72.8 Å². The third-order valence-corrected chi connectivity index (χ3v) is 4.69. The number of hydrogen-bond donors (Lipinski definition) is 1. The van der Waals surface area contributed by atoms with Crippen LogP contribution in [-0.2, 0) is 4.79 Å². The van der Waals surface area contributed by atoms with Gasteiger partial charge in [-0.3, -0.25) is 4.79 Å². The molecule has 0 aliphatic carbocycles. The molecule has 3 aromatic rings. The van der Waals surface area contributed by atoms with Gasteiger partial charge in [-0.25, -0.2) is 5.43 Å². The van der Waals surface area contributed by atoms with Crippen molar-refractivity contribution in [3.05, 3.63) is 106 Å². The van der Waals surface area contributed by atoms with Gasteiger partial charge in [0, 0.05) is 10.6 Å². The third kappa shape index (κ3) is 6.21. The van der Waals surface area contributed by atoms with Crippen LogP contribution in [-0.4, -0.2) is 17.7 Å². The summed E-state index contributed by atoms with van der Waals surface area (Å²) in [6.07, 6.45) is 2.99. The highest BCUT2D eigenvalue weighted by Gasteiger charge is 2.16. The van der Waals surface area contributed by atoms with E-state index in [0.717, 1.165) is 11.1 Å². The van der Waals surface area contributed by atoms with Crippen LogP contribution in [0.1, 0.15) is 18.1 Å². The normalized spacial score (nSPS) is 12.6. The summed E-state index contributed by atoms with van der Waals surface area (Å²) in [4.78, 5) is 12.5. The summed E-state index contributed by atoms with van der Waals surface area (Å²) in [6.45, 7) is 1.62. The van der Waals surface area contributed by atoms with Crippen LogP contribution in [0.2, 0.25) is 10.0 Å². The maximum atomic E-state index is 12.5. The van der Waals surface area contributed by atoms with Crippen molar-refractivity contribution in [3.63, 3.8) is 0 Å². The SMILES string of the molecule is CC(Oc1ccc(Cl)cc1Cl)C(=O)N/N=C(/C=C/c1ccccc1)c1ccccc1. The predicted octanol–water partition coefficient (Wildman–Crippen LogP) is 5.99. The molecule has 0 bridgehead atoms. The van der Waals surface area contributed by atoms with Crippen LogP contribution in [0.15, 0.2) is 90.0 Å². The minimum Gasteiger partial charge on any atom is -0.479 e. The van der Waals surface area contributed by atoms with E-state index in [9.17, 15) is 4.79 Å². The number of ether oxygens (including phenoxy) is 1. The van der Waals surface area contributed by atoms with E-state index in [2.05, 4.69) is 10.5 Å². The summed E-state index contributed by atoms with van der Waals surface area (Å²) in [7, 11) is 0. The highest BCUT2D eigenvalue weighted by Crippen LogP contribution is 2.28. The Hall–Kier alpha value is -3.08. The lowest BCUT2D eigenvalue weighted by Crippen LogP contribution is -2.34. The Morgan fingerprint density at radius 3 is 2.33 bits per heavy atom. The van der Waals surface area contributed by atoms with Crippen LogP contribution >= 0.6 is 23.2 Å². The zero-order valence-corrected chi connectivity index (χ0v) is 17.8. The minimum absolute atomic E-state index is 0.335. The molecular weight excluding hydrogens is 419 g/mol. The summed E-state index contributed by atoms with van der Waals surface area (Å²) in [5, 5.41) is 5.13. The average Bonchev–Trinajstić information content (AvgIpc) is 2.76. The van der Waals surface area contributed by atoms with Gasteiger partial charge in [0.1, 0.15) is 5.75 Å². The zero-order chi connectivity index (χ0) is 21.3. The fourth-order valence-corrected chi connectivity index (χ4v) is 3.02. The van der Waals surface area contributed by atoms with Crippen LogP contribution in [0.25, 0.3) is 6.08 Å². The number of benzene rings is 3. The molecule has 3 rings (SSSR count). The molecule has 30 heavy (non-hydrogen) atoms. The van der Waals surface area contributed by atoms with Crippen LogP contribution < -0.4 is 10.2 Å². The first kappa shape index (κ1) is 21.6. The largest absolute Gasteiger partial charge is 0.479 e. The van der Waals surface area contributed by atoms with Gasteiger partial charge < -0.3 is 4.74 Å². The minimum atomic E-state index is -0.803. The van der Waals surface area contributed by atoms with E-state index >= 15 is 0 Å². The molecule has 1 amide bonds. The van der Waals surface area contributed by atoms with E-state index < -0.39 is 12.0 Å². The van der Waals surface area contributed by atoms with Gasteiger partial charge in [-0.15, -0.1) is 0 Å². The Labute approximate surface area is 185 Å². The summed E-state index contributed by atoms with van der Waals surface area (Å²) >= 11 is 12.0. The Kier molecular flexibility index (Phi) is 7.66. The second kappa shape index (κ2) is 10.6. The fraction of sp³-hybridized carbons (Fsp3) is 0.0833. The number of carbonyl (C=O) groups excluding carboxylic acids is 1. The molecule has 6 heteroatoms. The van der Waals surface area contributed by atoms with E-state index in [1.54, 1.807) is 25.1 Å². The van der Waals surface area contributed by atoms with Crippen molar-refractivity contribution in [2.45, 2.75) is 13.0 Å². The second-order valence-electron chi connectivity index (χ2n) is 6.42. The number of amides is 1. The smallest absolute Gasteiger partial charge is 0.280 e. The Bertz CT molecular complexity index is 1050. The Morgan fingerprint density at radius 2 is 1.67 bits per heavy atom. The van der Waals surface area contributed by atoms with Crippen LogP contribution in [0, 0.1) is 0 Å². The van der Waals surface area contributed by atoms with Gasteiger partial charge in [-0.2, -0.15) is 5.10 Å². The molecule has 0 aliphatic heterocycles. The van der Waals surface area contributed by atoms with E-state index in [4.69, 9.17) is 27.9 Å². The van der Waals surface area contributed by atoms with Gasteiger partial charge in [0.2, 0.25) is 0 Å². The number of halogens is 2. The summed E-state index contributed by atoms with van der Waals surface area (Å²) < 4.78 is 5.64. The van der Waals surface area contributed by atoms with Crippen molar-refractivity contribution in [1.82, 2.24) is 5.43 Å². The quantitative estimate of drug-likeness (QED) is 0.363. The maximum absolute atomic E-state index is 12.5. The number of rotatable bonds is 7. The summed E-state index contributed by atoms with van der Waals surface area (Å²) in [5.41, 5.74) is 5.09. The lowest BCUT2D eigenvalue weighted by atomic mass is 10.1. The van der Waals surface area contributed by atoms with Crippen molar-refractivity contribution < 1.29 is 9.53 Å². The lowest BCUT2D eigenvalue weighted by Gasteiger charge is -2.14. The molecule has 4 nitrogen and oxygen atoms in total. The highest BCUT2D eigenvalue weighted by molar-refractivity contribution is 6.35. The standard InChI is InChI=1S/C24H20Cl2N2O2/c1-17(30-23-15-13-20(25)16-21(23)26)24(29)28-27-22(19-10-6-3-7-11-19)14-12-18-8-4-2-5-9-18/h2-17H,1H3,(H,28,29)/b14-12+,27-22-. The number of hydrazone groups is 1. The molecule has 0 radical (unpaired) electrons. The zero-order valence-electron chi connectivity index (χ0n) is 16.3. The van der Waals surface area contributed by atoms with Gasteiger partial charge in [-0.1, -0.05) is 89.9 Å². The Balaban J connectivity index is 1.74. The molecule has 152 valence electrons. The van der Waals surface area contributed by atoms with Gasteiger partial charge >= 0.3 is 0 Å². The van der Waals surface area contributed by atoms with Crippen molar-refractivity contribution >= 4 is 40.9 Å². The molecule has 0 aliphatic rings. The lowest BCUT2D eigenvalue weighted by molar-refractivity contribution is -0.127. The number of nitrogens with zero attached hydrogens (tertiary/aromatic N) is 1. The van der Waals surface area contributed by atoms with E-state index in [-0.39, 0.29) is 0 Å². The molecule has 1 atom stereocenters. The van der Waals surface area contributed by atoms with Gasteiger partial charge in [0.05, 0.1) is 10.7 Å². The Morgan fingerprint density at radius 1 is 1.00 bits per heavy atom. The molecule has 0 aromatic heterocycles. The summed E-state index contributed by atoms with van der Waals surface area (Å²) in [5.74, 6) is -0.0255. The van der Waals surface area contributed by atoms with Gasteiger partial charge in [-0.05, 0) is 36.8 Å².